The smallest absolute Gasteiger partial charge is 0.335 e. The number of hydrogen-bond donors (Lipinski definition) is 1. The molecule has 0 aliphatic rings. The van der Waals surface area contributed by atoms with Gasteiger partial charge in [-0.15, -0.1) is 0 Å². The standard InChI is InChI=1S/C18H18O4/c1-2-16(19)18(21)22-12-17(20)15-10-8-14(9-11-15)13-6-4-3-5-7-13/h3-11,16,19H,2,12H2,1H3. The van der Waals surface area contributed by atoms with Crippen molar-refractivity contribution in [1.29, 1.82) is 0 Å². The molecule has 2 aromatic carbocycles. The first-order valence-electron chi connectivity index (χ1n) is 7.15. The number of benzene rings is 2. The summed E-state index contributed by atoms with van der Waals surface area (Å²) in [5, 5.41) is 9.29. The Kier molecular flexibility index (Phi) is 5.44. The van der Waals surface area contributed by atoms with Crippen LogP contribution in [0.2, 0.25) is 0 Å². The van der Waals surface area contributed by atoms with Crippen molar-refractivity contribution in [2.45, 2.75) is 19.4 Å². The average molecular weight is 298 g/mol. The SMILES string of the molecule is CCC(O)C(=O)OCC(=O)c1ccc(-c2ccccc2)cc1. The summed E-state index contributed by atoms with van der Waals surface area (Å²) in [6.45, 7) is 1.30. The number of carbonyl (C=O) groups is 2. The molecule has 0 aromatic heterocycles. The van der Waals surface area contributed by atoms with Gasteiger partial charge in [-0.1, -0.05) is 61.5 Å². The predicted octanol–water partition coefficient (Wildman–Crippen LogP) is 2.85. The van der Waals surface area contributed by atoms with Crippen molar-refractivity contribution in [2.75, 3.05) is 6.61 Å². The number of rotatable bonds is 6. The van der Waals surface area contributed by atoms with Gasteiger partial charge < -0.3 is 9.84 Å². The van der Waals surface area contributed by atoms with E-state index in [1.807, 2.05) is 42.5 Å². The Morgan fingerprint density at radius 3 is 2.18 bits per heavy atom. The van der Waals surface area contributed by atoms with E-state index in [1.54, 1.807) is 19.1 Å². The lowest BCUT2D eigenvalue weighted by Crippen LogP contribution is -2.24. The monoisotopic (exact) mass is 298 g/mol. The van der Waals surface area contributed by atoms with Crippen LogP contribution in [-0.4, -0.2) is 29.6 Å². The van der Waals surface area contributed by atoms with Crippen LogP contribution < -0.4 is 0 Å². The van der Waals surface area contributed by atoms with Crippen LogP contribution in [0, 0.1) is 0 Å². The topological polar surface area (TPSA) is 63.6 Å². The summed E-state index contributed by atoms with van der Waals surface area (Å²) in [6, 6.07) is 16.9. The maximum absolute atomic E-state index is 11.9. The third-order valence-electron chi connectivity index (χ3n) is 3.32. The Bertz CT molecular complexity index is 632. The van der Waals surface area contributed by atoms with Crippen molar-refractivity contribution < 1.29 is 19.4 Å². The molecule has 1 atom stereocenters. The van der Waals surface area contributed by atoms with E-state index in [0.29, 0.717) is 5.56 Å². The van der Waals surface area contributed by atoms with Crippen LogP contribution in [0.3, 0.4) is 0 Å². The Balaban J connectivity index is 1.98. The summed E-state index contributed by atoms with van der Waals surface area (Å²) >= 11 is 0. The molecule has 0 heterocycles. The quantitative estimate of drug-likeness (QED) is 0.658. The molecule has 0 saturated heterocycles. The molecule has 0 aliphatic carbocycles. The van der Waals surface area contributed by atoms with Gasteiger partial charge in [-0.3, -0.25) is 4.79 Å². The second-order valence-corrected chi connectivity index (χ2v) is 4.90. The Morgan fingerprint density at radius 2 is 1.59 bits per heavy atom. The first kappa shape index (κ1) is 15.9. The predicted molar refractivity (Wildman–Crippen MR) is 83.5 cm³/mol. The summed E-state index contributed by atoms with van der Waals surface area (Å²) in [7, 11) is 0. The molecule has 2 aromatic rings. The van der Waals surface area contributed by atoms with Crippen LogP contribution in [0.15, 0.2) is 54.6 Å². The van der Waals surface area contributed by atoms with Gasteiger partial charge in [0.15, 0.2) is 18.5 Å². The van der Waals surface area contributed by atoms with Crippen LogP contribution in [0.5, 0.6) is 0 Å². The number of aliphatic hydroxyl groups is 1. The van der Waals surface area contributed by atoms with Gasteiger partial charge >= 0.3 is 5.97 Å². The van der Waals surface area contributed by atoms with Crippen molar-refractivity contribution >= 4 is 11.8 Å². The average Bonchev–Trinajstić information content (AvgIpc) is 2.59. The molecule has 0 amide bonds. The molecule has 4 heteroatoms. The van der Waals surface area contributed by atoms with E-state index in [2.05, 4.69) is 0 Å². The second-order valence-electron chi connectivity index (χ2n) is 4.90. The summed E-state index contributed by atoms with van der Waals surface area (Å²) < 4.78 is 4.79. The highest BCUT2D eigenvalue weighted by molar-refractivity contribution is 5.98. The minimum atomic E-state index is -1.17. The summed E-state index contributed by atoms with van der Waals surface area (Å²) in [6.07, 6.45) is -0.910. The third-order valence-corrected chi connectivity index (χ3v) is 3.32. The zero-order valence-electron chi connectivity index (χ0n) is 12.4. The number of ether oxygens (including phenoxy) is 1. The van der Waals surface area contributed by atoms with Gasteiger partial charge in [-0.05, 0) is 17.5 Å². The highest BCUT2D eigenvalue weighted by Gasteiger charge is 2.16. The van der Waals surface area contributed by atoms with E-state index in [4.69, 9.17) is 4.74 Å². The van der Waals surface area contributed by atoms with Crippen LogP contribution in [0.25, 0.3) is 11.1 Å². The third kappa shape index (κ3) is 4.02. The molecule has 1 unspecified atom stereocenters. The van der Waals surface area contributed by atoms with E-state index in [-0.39, 0.29) is 18.8 Å². The van der Waals surface area contributed by atoms with Crippen molar-refractivity contribution in [3.63, 3.8) is 0 Å². The number of esters is 1. The molecule has 0 spiro atoms. The van der Waals surface area contributed by atoms with Gasteiger partial charge in [0.25, 0.3) is 0 Å². The lowest BCUT2D eigenvalue weighted by atomic mass is 10.0. The molecule has 1 N–H and O–H groups in total. The van der Waals surface area contributed by atoms with Crippen molar-refractivity contribution in [3.8, 4) is 11.1 Å². The van der Waals surface area contributed by atoms with E-state index < -0.39 is 12.1 Å². The van der Waals surface area contributed by atoms with Crippen LogP contribution >= 0.6 is 0 Å². The zero-order valence-corrected chi connectivity index (χ0v) is 12.4. The molecular formula is C18H18O4. The highest BCUT2D eigenvalue weighted by Crippen LogP contribution is 2.19. The fraction of sp³-hybridized carbons (Fsp3) is 0.222. The van der Waals surface area contributed by atoms with E-state index in [0.717, 1.165) is 11.1 Å². The molecule has 0 saturated carbocycles. The van der Waals surface area contributed by atoms with Crippen LogP contribution in [0.1, 0.15) is 23.7 Å². The summed E-state index contributed by atoms with van der Waals surface area (Å²) in [5.41, 5.74) is 2.55. The van der Waals surface area contributed by atoms with Gasteiger partial charge in [-0.2, -0.15) is 0 Å². The van der Waals surface area contributed by atoms with E-state index in [1.165, 1.54) is 0 Å². The minimum absolute atomic E-state index is 0.263. The Morgan fingerprint density at radius 1 is 1.00 bits per heavy atom. The molecule has 4 nitrogen and oxygen atoms in total. The van der Waals surface area contributed by atoms with Gasteiger partial charge in [0, 0.05) is 5.56 Å². The Hall–Kier alpha value is -2.46. The fourth-order valence-electron chi connectivity index (χ4n) is 1.96. The summed E-state index contributed by atoms with van der Waals surface area (Å²) in [5.74, 6) is -1.06. The van der Waals surface area contributed by atoms with Gasteiger partial charge in [-0.25, -0.2) is 4.79 Å². The van der Waals surface area contributed by atoms with Crippen molar-refractivity contribution in [1.82, 2.24) is 0 Å². The van der Waals surface area contributed by atoms with Crippen LogP contribution in [-0.2, 0) is 9.53 Å². The number of aliphatic hydroxyl groups excluding tert-OH is 1. The molecular weight excluding hydrogens is 280 g/mol. The fourth-order valence-corrected chi connectivity index (χ4v) is 1.96. The van der Waals surface area contributed by atoms with Gasteiger partial charge in [0.2, 0.25) is 0 Å². The molecule has 0 aliphatic heterocycles. The van der Waals surface area contributed by atoms with E-state index >= 15 is 0 Å². The molecule has 2 rings (SSSR count). The van der Waals surface area contributed by atoms with Crippen molar-refractivity contribution in [2.24, 2.45) is 0 Å². The molecule has 0 bridgehead atoms. The lowest BCUT2D eigenvalue weighted by molar-refractivity contribution is -0.152. The van der Waals surface area contributed by atoms with Crippen LogP contribution in [0.4, 0.5) is 0 Å². The van der Waals surface area contributed by atoms with Crippen molar-refractivity contribution in [3.05, 3.63) is 60.2 Å². The zero-order chi connectivity index (χ0) is 15.9. The molecule has 22 heavy (non-hydrogen) atoms. The largest absolute Gasteiger partial charge is 0.455 e. The molecule has 114 valence electrons. The van der Waals surface area contributed by atoms with Gasteiger partial charge in [0.05, 0.1) is 0 Å². The first-order chi connectivity index (χ1) is 10.6. The normalized spacial score (nSPS) is 11.7. The minimum Gasteiger partial charge on any atom is -0.455 e. The summed E-state index contributed by atoms with van der Waals surface area (Å²) in [4.78, 5) is 23.3. The number of ketones is 1. The Labute approximate surface area is 129 Å². The second kappa shape index (κ2) is 7.52. The maximum atomic E-state index is 11.9. The molecule has 0 radical (unpaired) electrons. The number of hydrogen-bond acceptors (Lipinski definition) is 4. The van der Waals surface area contributed by atoms with E-state index in [9.17, 15) is 14.7 Å². The highest BCUT2D eigenvalue weighted by atomic mass is 16.5. The first-order valence-corrected chi connectivity index (χ1v) is 7.15. The van der Waals surface area contributed by atoms with Gasteiger partial charge in [0.1, 0.15) is 0 Å². The number of Topliss-reactive ketones (excluding diaryl/α,β-unsaturated/α-hetero) is 1. The maximum Gasteiger partial charge on any atom is 0.335 e. The lowest BCUT2D eigenvalue weighted by Gasteiger charge is -2.08. The number of carbonyl (C=O) groups excluding carboxylic acids is 2. The molecule has 0 fully saturated rings.